The normalized spacial score (nSPS) is 22.1. The molecule has 37 heavy (non-hydrogen) atoms. The first kappa shape index (κ1) is 27.1. The highest BCUT2D eigenvalue weighted by Crippen LogP contribution is 2.35. The Morgan fingerprint density at radius 2 is 1.76 bits per heavy atom. The zero-order chi connectivity index (χ0) is 26.4. The summed E-state index contributed by atoms with van der Waals surface area (Å²) in [5.74, 6) is -0.852. The van der Waals surface area contributed by atoms with E-state index in [1.54, 1.807) is 26.0 Å². The summed E-state index contributed by atoms with van der Waals surface area (Å²) in [4.78, 5) is 29.6. The second kappa shape index (κ2) is 12.0. The molecule has 1 amide bonds. The third-order valence-electron chi connectivity index (χ3n) is 7.01. The molecule has 8 heteroatoms. The average molecular weight is 513 g/mol. The Bertz CT molecular complexity index is 1040. The van der Waals surface area contributed by atoms with Crippen LogP contribution in [0, 0.1) is 11.7 Å². The van der Waals surface area contributed by atoms with Crippen LogP contribution in [0.1, 0.15) is 39.2 Å². The molecule has 0 bridgehead atoms. The fourth-order valence-electron chi connectivity index (χ4n) is 5.18. The molecular formula is C29H37FN2O5. The number of carbonyl (C=O) groups is 2. The zero-order valence-corrected chi connectivity index (χ0v) is 21.9. The number of piperazine rings is 1. The minimum absolute atomic E-state index is 0.0106. The van der Waals surface area contributed by atoms with E-state index < -0.39 is 23.9 Å². The number of ether oxygens (including phenoxy) is 3. The second-order valence-corrected chi connectivity index (χ2v) is 10.1. The van der Waals surface area contributed by atoms with Gasteiger partial charge in [0.1, 0.15) is 23.8 Å². The Kier molecular flexibility index (Phi) is 8.82. The molecule has 2 fully saturated rings. The molecule has 2 aromatic rings. The molecule has 0 N–H and O–H groups in total. The monoisotopic (exact) mass is 512 g/mol. The predicted molar refractivity (Wildman–Crippen MR) is 139 cm³/mol. The Hall–Kier alpha value is -2.97. The van der Waals surface area contributed by atoms with Crippen LogP contribution in [0.25, 0.3) is 0 Å². The fraction of sp³-hybridized carbons (Fsp3) is 0.517. The van der Waals surface area contributed by atoms with Crippen molar-refractivity contribution >= 4 is 17.9 Å². The van der Waals surface area contributed by atoms with Gasteiger partial charge in [0.25, 0.3) is 0 Å². The number of amides is 1. The van der Waals surface area contributed by atoms with E-state index in [2.05, 4.69) is 4.90 Å². The Balaban J connectivity index is 1.42. The molecule has 2 aromatic carbocycles. The topological polar surface area (TPSA) is 68.3 Å². The molecule has 2 unspecified atom stereocenters. The maximum Gasteiger partial charge on any atom is 0.228 e. The third-order valence-corrected chi connectivity index (χ3v) is 7.01. The van der Waals surface area contributed by atoms with Crippen molar-refractivity contribution in [3.63, 3.8) is 0 Å². The number of carbonyl (C=O) groups excluding carboxylic acids is 2. The summed E-state index contributed by atoms with van der Waals surface area (Å²) in [7, 11) is 0. The molecule has 200 valence electrons. The zero-order valence-electron chi connectivity index (χ0n) is 21.9. The quantitative estimate of drug-likeness (QED) is 0.444. The van der Waals surface area contributed by atoms with Gasteiger partial charge in [0.05, 0.1) is 12.5 Å². The molecule has 0 saturated carbocycles. The van der Waals surface area contributed by atoms with Gasteiger partial charge in [-0.25, -0.2) is 4.39 Å². The predicted octanol–water partition coefficient (Wildman–Crippen LogP) is 4.23. The Morgan fingerprint density at radius 1 is 1.08 bits per heavy atom. The highest BCUT2D eigenvalue weighted by molar-refractivity contribution is 5.80. The highest BCUT2D eigenvalue weighted by atomic mass is 19.1. The van der Waals surface area contributed by atoms with E-state index in [-0.39, 0.29) is 11.7 Å². The highest BCUT2D eigenvalue weighted by Gasteiger charge is 2.48. The van der Waals surface area contributed by atoms with Crippen LogP contribution in [0.2, 0.25) is 0 Å². The Labute approximate surface area is 218 Å². The molecule has 0 aliphatic carbocycles. The second-order valence-electron chi connectivity index (χ2n) is 10.1. The molecule has 0 aromatic heterocycles. The first-order valence-electron chi connectivity index (χ1n) is 13.1. The van der Waals surface area contributed by atoms with Gasteiger partial charge in [-0.3, -0.25) is 4.79 Å². The number of anilines is 1. The Morgan fingerprint density at radius 3 is 2.38 bits per heavy atom. The van der Waals surface area contributed by atoms with Gasteiger partial charge < -0.3 is 28.8 Å². The number of halogens is 1. The third kappa shape index (κ3) is 6.87. The number of benzene rings is 2. The first-order valence-corrected chi connectivity index (χ1v) is 13.1. The molecule has 4 rings (SSSR count). The van der Waals surface area contributed by atoms with Gasteiger partial charge in [-0.05, 0) is 82.0 Å². The largest absolute Gasteiger partial charge is 0.494 e. The van der Waals surface area contributed by atoms with E-state index in [0.717, 1.165) is 30.6 Å². The van der Waals surface area contributed by atoms with Crippen molar-refractivity contribution in [1.29, 1.82) is 0 Å². The van der Waals surface area contributed by atoms with E-state index in [4.69, 9.17) is 14.2 Å². The SMILES string of the molecule is CCOc1ccc(CCC[C@@H](C(=O)N2CCN(c3ccc(F)cc3)CC2)C2OC(C)(C)OC2C=O)cc1. The van der Waals surface area contributed by atoms with Gasteiger partial charge in [-0.1, -0.05) is 12.1 Å². The van der Waals surface area contributed by atoms with Gasteiger partial charge in [0, 0.05) is 31.9 Å². The smallest absolute Gasteiger partial charge is 0.228 e. The summed E-state index contributed by atoms with van der Waals surface area (Å²) in [5.41, 5.74) is 2.11. The molecular weight excluding hydrogens is 475 g/mol. The molecule has 3 atom stereocenters. The molecule has 7 nitrogen and oxygen atoms in total. The number of nitrogens with zero attached hydrogens (tertiary/aromatic N) is 2. The van der Waals surface area contributed by atoms with Crippen molar-refractivity contribution in [3.05, 3.63) is 59.9 Å². The average Bonchev–Trinajstić information content (AvgIpc) is 3.22. The van der Waals surface area contributed by atoms with Gasteiger partial charge in [0.2, 0.25) is 5.91 Å². The number of hydrogen-bond donors (Lipinski definition) is 0. The number of aryl methyl sites for hydroxylation is 1. The van der Waals surface area contributed by atoms with Gasteiger partial charge in [-0.2, -0.15) is 0 Å². The summed E-state index contributed by atoms with van der Waals surface area (Å²) in [6, 6.07) is 14.4. The van der Waals surface area contributed by atoms with Crippen molar-refractivity contribution in [2.24, 2.45) is 5.92 Å². The van der Waals surface area contributed by atoms with Crippen molar-refractivity contribution in [1.82, 2.24) is 4.90 Å². The number of rotatable bonds is 10. The maximum absolute atomic E-state index is 13.8. The van der Waals surface area contributed by atoms with Crippen LogP contribution < -0.4 is 9.64 Å². The molecule has 2 aliphatic rings. The minimum atomic E-state index is -0.925. The summed E-state index contributed by atoms with van der Waals surface area (Å²) in [5, 5.41) is 0. The van der Waals surface area contributed by atoms with Gasteiger partial charge >= 0.3 is 0 Å². The lowest BCUT2D eigenvalue weighted by Gasteiger charge is -2.38. The number of hydrogen-bond acceptors (Lipinski definition) is 6. The molecule has 0 spiro atoms. The van der Waals surface area contributed by atoms with Crippen LogP contribution >= 0.6 is 0 Å². The molecule has 0 radical (unpaired) electrons. The summed E-state index contributed by atoms with van der Waals surface area (Å²) >= 11 is 0. The van der Waals surface area contributed by atoms with Crippen molar-refractivity contribution in [3.8, 4) is 5.75 Å². The van der Waals surface area contributed by atoms with Crippen molar-refractivity contribution < 1.29 is 28.2 Å². The first-order chi connectivity index (χ1) is 17.8. The van der Waals surface area contributed by atoms with Gasteiger partial charge in [0.15, 0.2) is 12.1 Å². The van der Waals surface area contributed by atoms with E-state index in [1.165, 1.54) is 17.7 Å². The maximum atomic E-state index is 13.8. The lowest BCUT2D eigenvalue weighted by Crippen LogP contribution is -2.53. The van der Waals surface area contributed by atoms with Crippen LogP contribution in [0.3, 0.4) is 0 Å². The van der Waals surface area contributed by atoms with Crippen LogP contribution in [-0.4, -0.2) is 67.9 Å². The summed E-state index contributed by atoms with van der Waals surface area (Å²) in [6.45, 7) is 8.53. The summed E-state index contributed by atoms with van der Waals surface area (Å²) in [6.07, 6.45) is 1.49. The molecule has 2 aliphatic heterocycles. The number of aldehydes is 1. The molecule has 2 saturated heterocycles. The van der Waals surface area contributed by atoms with Crippen LogP contribution in [0.4, 0.5) is 10.1 Å². The molecule has 2 heterocycles. The van der Waals surface area contributed by atoms with E-state index in [1.807, 2.05) is 36.1 Å². The van der Waals surface area contributed by atoms with Gasteiger partial charge in [-0.15, -0.1) is 0 Å². The standard InChI is InChI=1S/C29H37FN2O5/c1-4-35-24-14-8-21(9-15-24)6-5-7-25(27-26(20-33)36-29(2,3)37-27)28(34)32-18-16-31(17-19-32)23-12-10-22(30)11-13-23/h8-15,20,25-27H,4-7,16-19H2,1-3H3/t25-,26?,27?/m1/s1. The van der Waals surface area contributed by atoms with Crippen molar-refractivity contribution in [2.45, 2.75) is 58.0 Å². The van der Waals surface area contributed by atoms with Crippen LogP contribution in [0.15, 0.2) is 48.5 Å². The fourth-order valence-corrected chi connectivity index (χ4v) is 5.18. The minimum Gasteiger partial charge on any atom is -0.494 e. The van der Waals surface area contributed by atoms with E-state index in [9.17, 15) is 14.0 Å². The summed E-state index contributed by atoms with van der Waals surface area (Å²) < 4.78 is 30.7. The van der Waals surface area contributed by atoms with Crippen molar-refractivity contribution in [2.75, 3.05) is 37.7 Å². The van der Waals surface area contributed by atoms with Crippen LogP contribution in [0.5, 0.6) is 5.75 Å². The van der Waals surface area contributed by atoms with E-state index in [0.29, 0.717) is 39.2 Å². The van der Waals surface area contributed by atoms with Crippen LogP contribution in [-0.2, 0) is 25.5 Å². The lowest BCUT2D eigenvalue weighted by atomic mass is 9.90. The van der Waals surface area contributed by atoms with E-state index >= 15 is 0 Å². The lowest BCUT2D eigenvalue weighted by molar-refractivity contribution is -0.159.